The Morgan fingerprint density at radius 2 is 0.722 bits per heavy atom. The minimum absolute atomic E-state index is 0.873. The van der Waals surface area contributed by atoms with Crippen LogP contribution in [0.3, 0.4) is 0 Å². The zero-order valence-electron chi connectivity index (χ0n) is 29.0. The van der Waals surface area contributed by atoms with Crippen molar-refractivity contribution < 1.29 is 8.83 Å². The van der Waals surface area contributed by atoms with Gasteiger partial charge in [0.05, 0.1) is 11.2 Å². The Morgan fingerprint density at radius 3 is 1.30 bits per heavy atom. The van der Waals surface area contributed by atoms with Gasteiger partial charge in [-0.3, -0.25) is 0 Å². The van der Waals surface area contributed by atoms with Crippen molar-refractivity contribution in [1.82, 2.24) is 4.98 Å². The summed E-state index contributed by atoms with van der Waals surface area (Å²) < 4.78 is 13.2. The lowest BCUT2D eigenvalue weighted by Crippen LogP contribution is -1.94. The van der Waals surface area contributed by atoms with Gasteiger partial charge in [-0.15, -0.1) is 0 Å². The van der Waals surface area contributed by atoms with Gasteiger partial charge in [0.25, 0.3) is 0 Å². The molecular weight excluding hydrogens is 659 g/mol. The minimum Gasteiger partial charge on any atom is -0.455 e. The molecule has 0 N–H and O–H groups in total. The molecule has 3 nitrogen and oxygen atoms in total. The maximum atomic E-state index is 6.62. The van der Waals surface area contributed by atoms with Crippen LogP contribution in [0.5, 0.6) is 0 Å². The van der Waals surface area contributed by atoms with Crippen LogP contribution in [0.1, 0.15) is 0 Å². The van der Waals surface area contributed by atoms with E-state index in [0.29, 0.717) is 0 Å². The Labute approximate surface area is 309 Å². The molecule has 0 aliphatic heterocycles. The highest BCUT2D eigenvalue weighted by Gasteiger charge is 2.20. The molecule has 0 unspecified atom stereocenters. The number of hydrogen-bond donors (Lipinski definition) is 0. The van der Waals surface area contributed by atoms with Crippen molar-refractivity contribution >= 4 is 87.1 Å². The van der Waals surface area contributed by atoms with Gasteiger partial charge < -0.3 is 8.83 Å². The molecule has 0 radical (unpaired) electrons. The molecule has 12 aromatic rings. The van der Waals surface area contributed by atoms with Crippen LogP contribution in [0.2, 0.25) is 0 Å². The summed E-state index contributed by atoms with van der Waals surface area (Å²) in [7, 11) is 0. The molecular formula is C51H29NO2. The number of nitrogens with zero attached hydrogens (tertiary/aromatic N) is 1. The van der Waals surface area contributed by atoms with Gasteiger partial charge in [-0.1, -0.05) is 146 Å². The van der Waals surface area contributed by atoms with Crippen molar-refractivity contribution in [3.8, 4) is 33.5 Å². The second-order valence-corrected chi connectivity index (χ2v) is 14.2. The highest BCUT2D eigenvalue weighted by molar-refractivity contribution is 6.31. The molecule has 12 rings (SSSR count). The molecule has 250 valence electrons. The van der Waals surface area contributed by atoms with E-state index in [1.54, 1.807) is 0 Å². The van der Waals surface area contributed by atoms with E-state index in [2.05, 4.69) is 152 Å². The molecule has 0 spiro atoms. The summed E-state index contributed by atoms with van der Waals surface area (Å²) in [5, 5.41) is 12.7. The van der Waals surface area contributed by atoms with E-state index in [9.17, 15) is 0 Å². The van der Waals surface area contributed by atoms with E-state index in [-0.39, 0.29) is 0 Å². The lowest BCUT2D eigenvalue weighted by Gasteiger charge is -2.17. The van der Waals surface area contributed by atoms with Crippen LogP contribution in [-0.2, 0) is 0 Å². The van der Waals surface area contributed by atoms with Gasteiger partial charge in [0.1, 0.15) is 22.3 Å². The third-order valence-corrected chi connectivity index (χ3v) is 11.2. The fraction of sp³-hybridized carbons (Fsp3) is 0. The van der Waals surface area contributed by atoms with Crippen molar-refractivity contribution in [1.29, 1.82) is 0 Å². The van der Waals surface area contributed by atoms with Gasteiger partial charge in [-0.05, 0) is 63.0 Å². The predicted octanol–water partition coefficient (Wildman–Crippen LogP) is 14.5. The van der Waals surface area contributed by atoms with Crippen molar-refractivity contribution in [3.05, 3.63) is 176 Å². The summed E-state index contributed by atoms with van der Waals surface area (Å²) in [6.07, 6.45) is 0. The molecule has 3 heterocycles. The van der Waals surface area contributed by atoms with Crippen LogP contribution in [0.25, 0.3) is 121 Å². The second kappa shape index (κ2) is 11.1. The first-order chi connectivity index (χ1) is 26.8. The van der Waals surface area contributed by atoms with E-state index in [4.69, 9.17) is 13.8 Å². The van der Waals surface area contributed by atoms with Gasteiger partial charge in [-0.2, -0.15) is 0 Å². The molecule has 0 saturated carbocycles. The van der Waals surface area contributed by atoms with Crippen molar-refractivity contribution in [2.75, 3.05) is 0 Å². The highest BCUT2D eigenvalue weighted by atomic mass is 16.3. The van der Waals surface area contributed by atoms with Crippen LogP contribution < -0.4 is 0 Å². The van der Waals surface area contributed by atoms with Crippen LogP contribution in [0.4, 0.5) is 0 Å². The van der Waals surface area contributed by atoms with Crippen molar-refractivity contribution in [3.63, 3.8) is 0 Å². The van der Waals surface area contributed by atoms with Crippen LogP contribution >= 0.6 is 0 Å². The number of rotatable bonds is 3. The summed E-state index contributed by atoms with van der Waals surface area (Å²) >= 11 is 0. The van der Waals surface area contributed by atoms with Crippen molar-refractivity contribution in [2.45, 2.75) is 0 Å². The Morgan fingerprint density at radius 1 is 0.315 bits per heavy atom. The molecule has 0 bridgehead atoms. The van der Waals surface area contributed by atoms with E-state index in [0.717, 1.165) is 93.7 Å². The van der Waals surface area contributed by atoms with Crippen molar-refractivity contribution in [2.24, 2.45) is 0 Å². The molecule has 0 aliphatic carbocycles. The number of benzene rings is 9. The summed E-state index contributed by atoms with van der Waals surface area (Å²) in [4.78, 5) is 5.67. The Hall–Kier alpha value is -7.23. The normalized spacial score (nSPS) is 12.1. The number of aromatic nitrogens is 1. The lowest BCUT2D eigenvalue weighted by molar-refractivity contribution is 0.670. The smallest absolute Gasteiger partial charge is 0.143 e. The lowest BCUT2D eigenvalue weighted by atomic mass is 9.90. The van der Waals surface area contributed by atoms with Crippen LogP contribution in [0, 0.1) is 0 Å². The molecule has 0 aliphatic rings. The predicted molar refractivity (Wildman–Crippen MR) is 225 cm³/mol. The number of pyridine rings is 1. The minimum atomic E-state index is 0.873. The fourth-order valence-electron chi connectivity index (χ4n) is 8.84. The number of hydrogen-bond acceptors (Lipinski definition) is 3. The zero-order chi connectivity index (χ0) is 35.3. The Kier molecular flexibility index (Phi) is 6.05. The Balaban J connectivity index is 1.22. The maximum Gasteiger partial charge on any atom is 0.143 e. The van der Waals surface area contributed by atoms with Gasteiger partial charge in [-0.25, -0.2) is 4.98 Å². The molecule has 0 atom stereocenters. The quantitative estimate of drug-likeness (QED) is 0.174. The van der Waals surface area contributed by atoms with Crippen LogP contribution in [-0.4, -0.2) is 4.98 Å². The molecule has 0 fully saturated rings. The number of para-hydroxylation sites is 4. The third-order valence-electron chi connectivity index (χ3n) is 11.2. The topological polar surface area (TPSA) is 39.2 Å². The molecule has 0 saturated heterocycles. The molecule has 3 aromatic heterocycles. The van der Waals surface area contributed by atoms with Gasteiger partial charge in [0.15, 0.2) is 0 Å². The average molecular weight is 688 g/mol. The van der Waals surface area contributed by atoms with E-state index in [1.807, 2.05) is 24.3 Å². The summed E-state index contributed by atoms with van der Waals surface area (Å²) in [6, 6.07) is 62.4. The number of furan rings is 2. The standard InChI is InChI=1S/C51H29NO2/c1-3-17-39-35(13-1)36-14-2-5-19-41(36)49-47(39)40-18-4-6-20-42(40)48(52-49)32-28-30(33-21-11-23-43-37-15-7-9-25-45(37)53-50(33)43)27-31(29-32)34-22-12-24-44-38-16-8-10-26-46(38)54-51(34)44/h1-29H. The SMILES string of the molecule is c1ccc2c(c1)oc1c(-c3cc(-c4nc5c6ccccc6c6ccccc6c5c5ccccc45)cc(-c4cccc5c4oc4ccccc45)c3)cccc12. The van der Waals surface area contributed by atoms with Gasteiger partial charge in [0.2, 0.25) is 0 Å². The maximum absolute atomic E-state index is 6.62. The fourth-order valence-corrected chi connectivity index (χ4v) is 8.84. The molecule has 3 heteroatoms. The highest BCUT2D eigenvalue weighted by Crippen LogP contribution is 2.45. The molecule has 54 heavy (non-hydrogen) atoms. The summed E-state index contributed by atoms with van der Waals surface area (Å²) in [5.41, 5.74) is 10.6. The van der Waals surface area contributed by atoms with E-state index < -0.39 is 0 Å². The van der Waals surface area contributed by atoms with Gasteiger partial charge >= 0.3 is 0 Å². The largest absolute Gasteiger partial charge is 0.455 e. The monoisotopic (exact) mass is 687 g/mol. The molecule has 0 amide bonds. The van der Waals surface area contributed by atoms with E-state index >= 15 is 0 Å². The summed E-state index contributed by atoms with van der Waals surface area (Å²) in [6.45, 7) is 0. The van der Waals surface area contributed by atoms with E-state index in [1.165, 1.54) is 26.9 Å². The first-order valence-electron chi connectivity index (χ1n) is 18.4. The average Bonchev–Trinajstić information content (AvgIpc) is 3.82. The van der Waals surface area contributed by atoms with Gasteiger partial charge in [0, 0.05) is 54.4 Å². The van der Waals surface area contributed by atoms with Crippen LogP contribution in [0.15, 0.2) is 185 Å². The third kappa shape index (κ3) is 4.15. The number of fused-ring (bicyclic) bond motifs is 14. The zero-order valence-corrected chi connectivity index (χ0v) is 29.0. The second-order valence-electron chi connectivity index (χ2n) is 14.2. The first kappa shape index (κ1) is 29.4. The Bertz CT molecular complexity index is 3380. The summed E-state index contributed by atoms with van der Waals surface area (Å²) in [5.74, 6) is 0. The first-order valence-corrected chi connectivity index (χ1v) is 18.4. The molecule has 9 aromatic carbocycles.